The molecule has 0 aromatic heterocycles. The SMILES string of the molecule is COc1ccc(C[NH+]2CCN(c3ccccc3Cl)CC2)c(OC)c1. The van der Waals surface area contributed by atoms with Crippen LogP contribution in [0.4, 0.5) is 5.69 Å². The molecule has 128 valence electrons. The maximum Gasteiger partial charge on any atom is 0.131 e. The van der Waals surface area contributed by atoms with Crippen molar-refractivity contribution in [2.75, 3.05) is 45.3 Å². The largest absolute Gasteiger partial charge is 0.497 e. The minimum absolute atomic E-state index is 0.828. The van der Waals surface area contributed by atoms with E-state index >= 15 is 0 Å². The lowest BCUT2D eigenvalue weighted by Crippen LogP contribution is -3.13. The third-order valence-electron chi connectivity index (χ3n) is 4.60. The molecule has 4 nitrogen and oxygen atoms in total. The summed E-state index contributed by atoms with van der Waals surface area (Å²) < 4.78 is 10.8. The predicted octanol–water partition coefficient (Wildman–Crippen LogP) is 2.26. The van der Waals surface area contributed by atoms with Crippen LogP contribution in [0, 0.1) is 0 Å². The van der Waals surface area contributed by atoms with Crippen molar-refractivity contribution >= 4 is 17.3 Å². The molecule has 1 saturated heterocycles. The molecule has 1 N–H and O–H groups in total. The second-order valence-electron chi connectivity index (χ2n) is 6.04. The van der Waals surface area contributed by atoms with Gasteiger partial charge in [-0.25, -0.2) is 0 Å². The smallest absolute Gasteiger partial charge is 0.131 e. The summed E-state index contributed by atoms with van der Waals surface area (Å²) in [6.45, 7) is 5.15. The summed E-state index contributed by atoms with van der Waals surface area (Å²) in [5.41, 5.74) is 2.36. The lowest BCUT2D eigenvalue weighted by molar-refractivity contribution is -0.914. The minimum Gasteiger partial charge on any atom is -0.497 e. The standard InChI is InChI=1S/C19H23ClN2O2/c1-23-16-8-7-15(19(13-16)24-2)14-21-9-11-22(12-10-21)18-6-4-3-5-17(18)20/h3-8,13H,9-12,14H2,1-2H3/p+1. The Labute approximate surface area is 148 Å². The molecule has 0 unspecified atom stereocenters. The van der Waals surface area contributed by atoms with E-state index in [1.807, 2.05) is 30.3 Å². The number of halogens is 1. The summed E-state index contributed by atoms with van der Waals surface area (Å²) in [4.78, 5) is 3.93. The fourth-order valence-corrected chi connectivity index (χ4v) is 3.47. The number of hydrogen-bond donors (Lipinski definition) is 1. The Kier molecular flexibility index (Phi) is 5.48. The van der Waals surface area contributed by atoms with Crippen LogP contribution in [0.15, 0.2) is 42.5 Å². The van der Waals surface area contributed by atoms with Gasteiger partial charge in [-0.05, 0) is 24.3 Å². The first kappa shape index (κ1) is 16.9. The molecule has 0 aliphatic carbocycles. The molecule has 1 fully saturated rings. The first-order valence-electron chi connectivity index (χ1n) is 8.25. The highest BCUT2D eigenvalue weighted by Crippen LogP contribution is 2.26. The van der Waals surface area contributed by atoms with Crippen molar-refractivity contribution in [2.24, 2.45) is 0 Å². The van der Waals surface area contributed by atoms with E-state index in [-0.39, 0.29) is 0 Å². The zero-order chi connectivity index (χ0) is 16.9. The van der Waals surface area contributed by atoms with Crippen molar-refractivity contribution in [1.29, 1.82) is 0 Å². The number of nitrogens with zero attached hydrogens (tertiary/aromatic N) is 1. The maximum absolute atomic E-state index is 6.32. The van der Waals surface area contributed by atoms with Gasteiger partial charge in [-0.1, -0.05) is 23.7 Å². The van der Waals surface area contributed by atoms with E-state index in [1.54, 1.807) is 19.1 Å². The van der Waals surface area contributed by atoms with E-state index in [0.29, 0.717) is 0 Å². The predicted molar refractivity (Wildman–Crippen MR) is 97.6 cm³/mol. The molecule has 1 aliphatic heterocycles. The van der Waals surface area contributed by atoms with Crippen LogP contribution in [-0.2, 0) is 6.54 Å². The first-order valence-corrected chi connectivity index (χ1v) is 8.63. The molecule has 1 heterocycles. The van der Waals surface area contributed by atoms with Crippen LogP contribution < -0.4 is 19.3 Å². The van der Waals surface area contributed by atoms with E-state index in [0.717, 1.165) is 54.9 Å². The zero-order valence-electron chi connectivity index (χ0n) is 14.2. The van der Waals surface area contributed by atoms with Crippen molar-refractivity contribution in [2.45, 2.75) is 6.54 Å². The number of methoxy groups -OCH3 is 2. The number of hydrogen-bond acceptors (Lipinski definition) is 3. The van der Waals surface area contributed by atoms with E-state index in [9.17, 15) is 0 Å². The topological polar surface area (TPSA) is 26.1 Å². The van der Waals surface area contributed by atoms with Crippen LogP contribution in [0.1, 0.15) is 5.56 Å². The van der Waals surface area contributed by atoms with Gasteiger partial charge in [0.2, 0.25) is 0 Å². The summed E-state index contributed by atoms with van der Waals surface area (Å²) >= 11 is 6.32. The summed E-state index contributed by atoms with van der Waals surface area (Å²) in [7, 11) is 3.39. The highest BCUT2D eigenvalue weighted by molar-refractivity contribution is 6.33. The number of ether oxygens (including phenoxy) is 2. The molecular weight excluding hydrogens is 324 g/mol. The number of nitrogens with one attached hydrogen (secondary N) is 1. The first-order chi connectivity index (χ1) is 11.7. The van der Waals surface area contributed by atoms with E-state index < -0.39 is 0 Å². The van der Waals surface area contributed by atoms with Crippen molar-refractivity contribution in [3.05, 3.63) is 53.1 Å². The molecule has 2 aromatic rings. The average molecular weight is 348 g/mol. The van der Waals surface area contributed by atoms with Gasteiger partial charge >= 0.3 is 0 Å². The lowest BCUT2D eigenvalue weighted by Gasteiger charge is -2.34. The van der Waals surface area contributed by atoms with Crippen LogP contribution >= 0.6 is 11.6 Å². The number of benzene rings is 2. The van der Waals surface area contributed by atoms with Crippen LogP contribution in [-0.4, -0.2) is 40.4 Å². The molecule has 5 heteroatoms. The Bertz CT molecular complexity index is 685. The number of anilines is 1. The van der Waals surface area contributed by atoms with Crippen LogP contribution in [0.5, 0.6) is 11.5 Å². The molecule has 1 aliphatic rings. The number of quaternary nitrogens is 1. The second kappa shape index (κ2) is 7.77. The highest BCUT2D eigenvalue weighted by atomic mass is 35.5. The average Bonchev–Trinajstić information content (AvgIpc) is 2.63. The van der Waals surface area contributed by atoms with E-state index in [4.69, 9.17) is 21.1 Å². The van der Waals surface area contributed by atoms with E-state index in [2.05, 4.69) is 17.0 Å². The summed E-state index contributed by atoms with van der Waals surface area (Å²) in [5.74, 6) is 1.73. The normalized spacial score (nSPS) is 15.4. The Balaban J connectivity index is 1.63. The van der Waals surface area contributed by atoms with Crippen molar-refractivity contribution < 1.29 is 14.4 Å². The van der Waals surface area contributed by atoms with Crippen LogP contribution in [0.3, 0.4) is 0 Å². The summed E-state index contributed by atoms with van der Waals surface area (Å²) in [6.07, 6.45) is 0. The molecule has 0 saturated carbocycles. The van der Waals surface area contributed by atoms with Crippen LogP contribution in [0.2, 0.25) is 5.02 Å². The lowest BCUT2D eigenvalue weighted by atomic mass is 10.1. The number of para-hydroxylation sites is 1. The van der Waals surface area contributed by atoms with Gasteiger partial charge in [0.1, 0.15) is 18.0 Å². The van der Waals surface area contributed by atoms with Gasteiger partial charge in [-0.2, -0.15) is 0 Å². The monoisotopic (exact) mass is 347 g/mol. The third kappa shape index (κ3) is 3.77. The molecule has 0 atom stereocenters. The Morgan fingerprint density at radius 3 is 2.46 bits per heavy atom. The van der Waals surface area contributed by atoms with Gasteiger partial charge in [0.15, 0.2) is 0 Å². The van der Waals surface area contributed by atoms with Gasteiger partial charge in [0, 0.05) is 11.6 Å². The Hall–Kier alpha value is -1.91. The van der Waals surface area contributed by atoms with E-state index in [1.165, 1.54) is 5.56 Å². The number of rotatable bonds is 5. The van der Waals surface area contributed by atoms with Crippen LogP contribution in [0.25, 0.3) is 0 Å². The fraction of sp³-hybridized carbons (Fsp3) is 0.368. The van der Waals surface area contributed by atoms with Gasteiger partial charge in [0.05, 0.1) is 51.1 Å². The van der Waals surface area contributed by atoms with Gasteiger partial charge < -0.3 is 19.3 Å². The molecule has 3 rings (SSSR count). The molecule has 0 spiro atoms. The molecular formula is C19H24ClN2O2+. The second-order valence-corrected chi connectivity index (χ2v) is 6.45. The highest BCUT2D eigenvalue weighted by Gasteiger charge is 2.22. The zero-order valence-corrected chi connectivity index (χ0v) is 15.0. The summed E-state index contributed by atoms with van der Waals surface area (Å²) in [5, 5.41) is 0.831. The van der Waals surface area contributed by atoms with Crippen molar-refractivity contribution in [1.82, 2.24) is 0 Å². The Morgan fingerprint density at radius 1 is 1.04 bits per heavy atom. The van der Waals surface area contributed by atoms with Crippen molar-refractivity contribution in [3.63, 3.8) is 0 Å². The number of piperazine rings is 1. The molecule has 0 radical (unpaired) electrons. The fourth-order valence-electron chi connectivity index (χ4n) is 3.22. The quantitative estimate of drug-likeness (QED) is 0.898. The maximum atomic E-state index is 6.32. The molecule has 2 aromatic carbocycles. The molecule has 0 amide bonds. The van der Waals surface area contributed by atoms with Gasteiger partial charge in [-0.15, -0.1) is 0 Å². The van der Waals surface area contributed by atoms with Crippen molar-refractivity contribution in [3.8, 4) is 11.5 Å². The minimum atomic E-state index is 0.828. The summed E-state index contributed by atoms with van der Waals surface area (Å²) in [6, 6.07) is 14.1. The van der Waals surface area contributed by atoms with Gasteiger partial charge in [-0.3, -0.25) is 0 Å². The Morgan fingerprint density at radius 2 is 1.79 bits per heavy atom. The molecule has 0 bridgehead atoms. The van der Waals surface area contributed by atoms with Gasteiger partial charge in [0.25, 0.3) is 0 Å². The molecule has 24 heavy (non-hydrogen) atoms. The third-order valence-corrected chi connectivity index (χ3v) is 4.92.